The summed E-state index contributed by atoms with van der Waals surface area (Å²) in [7, 11) is 1.81. The van der Waals surface area contributed by atoms with Crippen molar-refractivity contribution in [3.05, 3.63) is 29.8 Å². The Morgan fingerprint density at radius 3 is 2.42 bits per heavy atom. The molecule has 0 saturated carbocycles. The minimum atomic E-state index is 0.139. The molecule has 1 rings (SSSR count). The topological polar surface area (TPSA) is 17.1 Å². The summed E-state index contributed by atoms with van der Waals surface area (Å²) in [6, 6.07) is 7.74. The number of carbonyl (C=O) groups excluding carboxylic acids is 1. The van der Waals surface area contributed by atoms with E-state index in [9.17, 15) is 4.79 Å². The molecule has 62 valence electrons. The molecule has 0 aliphatic rings. The largest absolute Gasteiger partial charge is 0.311 e. The van der Waals surface area contributed by atoms with Gasteiger partial charge in [0.25, 0.3) is 0 Å². The molecule has 0 radical (unpaired) electrons. The lowest BCUT2D eigenvalue weighted by atomic mass is 10.2. The minimum absolute atomic E-state index is 0.139. The first-order valence-electron chi connectivity index (χ1n) is 3.51. The van der Waals surface area contributed by atoms with Gasteiger partial charge in [-0.1, -0.05) is 28.1 Å². The lowest BCUT2D eigenvalue weighted by molar-refractivity contribution is 0.102. The number of hydrogen-bond donors (Lipinski definition) is 0. The van der Waals surface area contributed by atoms with E-state index in [2.05, 4.69) is 15.9 Å². The standard InChI is InChI=1S/C8H7BrOS.Al.2H/c9-5-8(10)6-1-3-7(11)4-2-6;;;/h1-4,11H,5H2;;;/q;+1;;/p-1. The van der Waals surface area contributed by atoms with Gasteiger partial charge >= 0.3 is 15.2 Å². The van der Waals surface area contributed by atoms with Crippen molar-refractivity contribution < 1.29 is 4.79 Å². The van der Waals surface area contributed by atoms with Gasteiger partial charge in [0, 0.05) is 5.56 Å². The molecule has 0 heterocycles. The maximum absolute atomic E-state index is 11.2. The van der Waals surface area contributed by atoms with Gasteiger partial charge in [0.2, 0.25) is 0 Å². The van der Waals surface area contributed by atoms with Crippen LogP contribution in [0.2, 0.25) is 0 Å². The molecule has 4 heteroatoms. The zero-order valence-electron chi connectivity index (χ0n) is 6.71. The van der Waals surface area contributed by atoms with Gasteiger partial charge in [-0.15, -0.1) is 0 Å². The first-order chi connectivity index (χ1) is 5.77. The van der Waals surface area contributed by atoms with Crippen LogP contribution in [0.5, 0.6) is 0 Å². The SMILES string of the molecule is O=C(CBr)c1ccc([S][AlH2])cc1. The number of Topliss-reactive ketones (excluding diaryl/α,β-unsaturated/α-hetero) is 1. The highest BCUT2D eigenvalue weighted by atomic mass is 79.9. The summed E-state index contributed by atoms with van der Waals surface area (Å²) in [6.07, 6.45) is 0. The first-order valence-corrected chi connectivity index (χ1v) is 8.30. The molecule has 0 aromatic heterocycles. The number of ketones is 1. The van der Waals surface area contributed by atoms with Crippen LogP contribution in [0.4, 0.5) is 0 Å². The van der Waals surface area contributed by atoms with Gasteiger partial charge in [0.1, 0.15) is 0 Å². The number of hydrogen-bond acceptors (Lipinski definition) is 2. The lowest BCUT2D eigenvalue weighted by Gasteiger charge is -1.98. The zero-order chi connectivity index (χ0) is 8.97. The quantitative estimate of drug-likeness (QED) is 0.468. The second-order valence-corrected chi connectivity index (χ2v) is 4.95. The Morgan fingerprint density at radius 1 is 1.42 bits per heavy atom. The van der Waals surface area contributed by atoms with E-state index in [4.69, 9.17) is 0 Å². The van der Waals surface area contributed by atoms with Crippen molar-refractivity contribution in [2.24, 2.45) is 0 Å². The maximum Gasteiger partial charge on any atom is 0.311 e. The van der Waals surface area contributed by atoms with E-state index >= 15 is 0 Å². The number of carbonyl (C=O) groups is 1. The highest BCUT2D eigenvalue weighted by Gasteiger charge is 2.01. The average molecular weight is 259 g/mol. The van der Waals surface area contributed by atoms with Gasteiger partial charge in [-0.05, 0) is 17.0 Å². The van der Waals surface area contributed by atoms with Crippen LogP contribution in [-0.2, 0) is 0 Å². The van der Waals surface area contributed by atoms with E-state index in [1.165, 1.54) is 4.90 Å². The molecule has 0 aliphatic heterocycles. The fourth-order valence-corrected chi connectivity index (χ4v) is 2.40. The predicted molar refractivity (Wildman–Crippen MR) is 59.0 cm³/mol. The van der Waals surface area contributed by atoms with E-state index in [-0.39, 0.29) is 5.78 Å². The van der Waals surface area contributed by atoms with Crippen molar-refractivity contribution in [1.29, 1.82) is 0 Å². The predicted octanol–water partition coefficient (Wildman–Crippen LogP) is 1.90. The highest BCUT2D eigenvalue weighted by molar-refractivity contribution is 9.09. The molecule has 0 amide bonds. The molecule has 0 aliphatic carbocycles. The third-order valence-corrected chi connectivity index (χ3v) is 4.20. The second kappa shape index (κ2) is 5.08. The summed E-state index contributed by atoms with van der Waals surface area (Å²) < 4.78 is 0. The van der Waals surface area contributed by atoms with Crippen molar-refractivity contribution in [3.8, 4) is 0 Å². The van der Waals surface area contributed by atoms with Crippen LogP contribution < -0.4 is 0 Å². The van der Waals surface area contributed by atoms with Crippen LogP contribution in [0.3, 0.4) is 0 Å². The molecule has 0 bridgehead atoms. The van der Waals surface area contributed by atoms with Crippen molar-refractivity contribution in [1.82, 2.24) is 0 Å². The first kappa shape index (κ1) is 10.3. The Hall–Kier alpha value is 0.252. The van der Waals surface area contributed by atoms with E-state index in [1.807, 2.05) is 34.4 Å². The Bertz CT molecular complexity index is 273. The third-order valence-electron chi connectivity index (χ3n) is 1.53. The molecule has 1 aromatic carbocycles. The Kier molecular flexibility index (Phi) is 4.38. The van der Waals surface area contributed by atoms with Crippen molar-refractivity contribution in [2.75, 3.05) is 5.33 Å². The van der Waals surface area contributed by atoms with Gasteiger partial charge in [0.05, 0.1) is 5.33 Å². The van der Waals surface area contributed by atoms with Crippen LogP contribution in [0.1, 0.15) is 10.4 Å². The second-order valence-electron chi connectivity index (χ2n) is 2.29. The molecule has 0 fully saturated rings. The monoisotopic (exact) mass is 258 g/mol. The molecule has 0 saturated heterocycles. The van der Waals surface area contributed by atoms with Crippen molar-refractivity contribution in [3.63, 3.8) is 0 Å². The molecule has 1 nitrogen and oxygen atoms in total. The number of rotatable bonds is 3. The van der Waals surface area contributed by atoms with Gasteiger partial charge < -0.3 is 0 Å². The zero-order valence-corrected chi connectivity index (χ0v) is 11.1. The summed E-state index contributed by atoms with van der Waals surface area (Å²) in [5.41, 5.74) is 0.784. The van der Waals surface area contributed by atoms with Crippen LogP contribution in [0.15, 0.2) is 29.2 Å². The lowest BCUT2D eigenvalue weighted by Crippen LogP contribution is -1.98. The molecular weight excluding hydrogens is 251 g/mol. The summed E-state index contributed by atoms with van der Waals surface area (Å²) in [5, 5.41) is 0.403. The van der Waals surface area contributed by atoms with E-state index in [0.717, 1.165) is 20.7 Å². The fourth-order valence-electron chi connectivity index (χ4n) is 0.854. The van der Waals surface area contributed by atoms with Crippen LogP contribution >= 0.6 is 26.1 Å². The molecule has 12 heavy (non-hydrogen) atoms. The summed E-state index contributed by atoms with van der Waals surface area (Å²) in [6.45, 7) is 0. The van der Waals surface area contributed by atoms with Crippen LogP contribution in [0.25, 0.3) is 0 Å². The molecule has 0 unspecified atom stereocenters. The number of halogens is 1. The molecule has 0 N–H and O–H groups in total. The fraction of sp³-hybridized carbons (Fsp3) is 0.125. The molecule has 1 aromatic rings. The maximum atomic E-state index is 11.2. The van der Waals surface area contributed by atoms with Crippen LogP contribution in [0, 0.1) is 0 Å². The highest BCUT2D eigenvalue weighted by Crippen LogP contribution is 2.14. The summed E-state index contributed by atoms with van der Waals surface area (Å²) >= 11 is 4.23. The normalized spacial score (nSPS) is 9.75. The van der Waals surface area contributed by atoms with Crippen molar-refractivity contribution in [2.45, 2.75) is 4.90 Å². The van der Waals surface area contributed by atoms with Gasteiger partial charge in [-0.25, -0.2) is 10.1 Å². The molecule has 0 atom stereocenters. The van der Waals surface area contributed by atoms with Gasteiger partial charge in [-0.3, -0.25) is 4.79 Å². The van der Waals surface area contributed by atoms with Gasteiger partial charge in [0.15, 0.2) is 5.78 Å². The minimum Gasteiger partial charge on any atom is -0.293 e. The Balaban J connectivity index is 2.84. The van der Waals surface area contributed by atoms with E-state index in [0.29, 0.717) is 5.33 Å². The smallest absolute Gasteiger partial charge is 0.293 e. The van der Waals surface area contributed by atoms with Crippen LogP contribution in [-0.4, -0.2) is 26.3 Å². The Morgan fingerprint density at radius 2 is 2.00 bits per heavy atom. The third kappa shape index (κ3) is 2.63. The van der Waals surface area contributed by atoms with Crippen molar-refractivity contribution >= 4 is 47.0 Å². The number of alkyl halides is 1. The van der Waals surface area contributed by atoms with Gasteiger partial charge in [-0.2, -0.15) is 0 Å². The molecule has 0 spiro atoms. The number of benzene rings is 1. The Labute approximate surface area is 91.5 Å². The van der Waals surface area contributed by atoms with E-state index < -0.39 is 0 Å². The average Bonchev–Trinajstić information content (AvgIpc) is 2.17. The van der Waals surface area contributed by atoms with E-state index in [1.54, 1.807) is 0 Å². The summed E-state index contributed by atoms with van der Waals surface area (Å²) in [4.78, 5) is 12.4. The summed E-state index contributed by atoms with van der Waals surface area (Å²) in [5.74, 6) is 0.139. The molecular formula is C8H8AlBrOS.